The maximum atomic E-state index is 12.4. The summed E-state index contributed by atoms with van der Waals surface area (Å²) in [4.78, 5) is 22.2. The molecule has 8 nitrogen and oxygen atoms in total. The van der Waals surface area contributed by atoms with Gasteiger partial charge in [-0.25, -0.2) is 17.5 Å². The van der Waals surface area contributed by atoms with Crippen LogP contribution in [0.2, 0.25) is 0 Å². The predicted molar refractivity (Wildman–Crippen MR) is 78.1 cm³/mol. The second kappa shape index (κ2) is 5.58. The minimum absolute atomic E-state index is 0.0607. The van der Waals surface area contributed by atoms with Crippen molar-refractivity contribution in [3.63, 3.8) is 0 Å². The van der Waals surface area contributed by atoms with Gasteiger partial charge in [-0.2, -0.15) is 0 Å². The van der Waals surface area contributed by atoms with Gasteiger partial charge in [0.15, 0.2) is 5.58 Å². The van der Waals surface area contributed by atoms with Crippen molar-refractivity contribution in [1.29, 1.82) is 0 Å². The summed E-state index contributed by atoms with van der Waals surface area (Å²) in [7, 11) is -1.04. The zero-order chi connectivity index (χ0) is 16.7. The van der Waals surface area contributed by atoms with Gasteiger partial charge in [0.25, 0.3) is 0 Å². The summed E-state index contributed by atoms with van der Waals surface area (Å²) in [5, 5.41) is 8.87. The van der Waals surface area contributed by atoms with Crippen molar-refractivity contribution >= 4 is 27.1 Å². The molecule has 1 aromatic carbocycles. The van der Waals surface area contributed by atoms with Gasteiger partial charge in [0, 0.05) is 26.7 Å². The number of nitrogens with zero attached hydrogens (tertiary/aromatic N) is 2. The van der Waals surface area contributed by atoms with Crippen LogP contribution in [0.3, 0.4) is 0 Å². The Bertz CT molecular complexity index is 880. The molecule has 9 heteroatoms. The van der Waals surface area contributed by atoms with Crippen LogP contribution >= 0.6 is 0 Å². The molecule has 1 unspecified atom stereocenters. The first-order chi connectivity index (χ1) is 10.1. The summed E-state index contributed by atoms with van der Waals surface area (Å²) in [6.07, 6.45) is 0. The average Bonchev–Trinajstić information content (AvgIpc) is 2.73. The Morgan fingerprint density at radius 1 is 1.45 bits per heavy atom. The van der Waals surface area contributed by atoms with Crippen LogP contribution in [0.25, 0.3) is 11.1 Å². The summed E-state index contributed by atoms with van der Waals surface area (Å²) in [5.74, 6) is -2.50. The highest BCUT2D eigenvalue weighted by Crippen LogP contribution is 2.21. The molecular formula is C13H16N2O6S. The molecule has 0 radical (unpaired) electrons. The molecule has 1 heterocycles. The lowest BCUT2D eigenvalue weighted by Gasteiger charge is -2.19. The van der Waals surface area contributed by atoms with Crippen LogP contribution in [0.15, 0.2) is 32.3 Å². The molecule has 2 aromatic rings. The van der Waals surface area contributed by atoms with Gasteiger partial charge in [-0.05, 0) is 12.1 Å². The van der Waals surface area contributed by atoms with Crippen molar-refractivity contribution in [1.82, 2.24) is 8.87 Å². The van der Waals surface area contributed by atoms with E-state index in [1.807, 2.05) is 0 Å². The van der Waals surface area contributed by atoms with E-state index < -0.39 is 27.7 Å². The van der Waals surface area contributed by atoms with E-state index in [-0.39, 0.29) is 17.0 Å². The van der Waals surface area contributed by atoms with Crippen LogP contribution in [0.5, 0.6) is 0 Å². The number of hydrogen-bond acceptors (Lipinski definition) is 5. The Kier molecular flexibility index (Phi) is 4.12. The quantitative estimate of drug-likeness (QED) is 0.854. The second-order valence-corrected chi connectivity index (χ2v) is 7.13. The third-order valence-corrected chi connectivity index (χ3v) is 5.24. The lowest BCUT2D eigenvalue weighted by atomic mass is 10.2. The van der Waals surface area contributed by atoms with Gasteiger partial charge >= 0.3 is 11.7 Å². The zero-order valence-corrected chi connectivity index (χ0v) is 13.1. The molecule has 2 rings (SSSR count). The Labute approximate surface area is 126 Å². The van der Waals surface area contributed by atoms with Gasteiger partial charge in [0.1, 0.15) is 0 Å². The molecule has 1 atom stereocenters. The van der Waals surface area contributed by atoms with Gasteiger partial charge in [-0.1, -0.05) is 6.92 Å². The highest BCUT2D eigenvalue weighted by molar-refractivity contribution is 7.89. The number of rotatable bonds is 5. The number of benzene rings is 1. The van der Waals surface area contributed by atoms with Crippen LogP contribution in [0, 0.1) is 5.92 Å². The number of aryl methyl sites for hydroxylation is 1. The van der Waals surface area contributed by atoms with E-state index in [1.54, 1.807) is 0 Å². The topological polar surface area (TPSA) is 110 Å². The second-order valence-electron chi connectivity index (χ2n) is 5.08. The molecule has 0 fully saturated rings. The van der Waals surface area contributed by atoms with Gasteiger partial charge < -0.3 is 9.52 Å². The van der Waals surface area contributed by atoms with Crippen molar-refractivity contribution in [2.24, 2.45) is 13.0 Å². The third kappa shape index (κ3) is 2.77. The van der Waals surface area contributed by atoms with E-state index in [0.29, 0.717) is 5.52 Å². The molecule has 0 aliphatic heterocycles. The van der Waals surface area contributed by atoms with E-state index in [1.165, 1.54) is 43.8 Å². The lowest BCUT2D eigenvalue weighted by molar-refractivity contribution is -0.141. The number of aromatic nitrogens is 1. The van der Waals surface area contributed by atoms with Gasteiger partial charge in [0.05, 0.1) is 16.3 Å². The Balaban J connectivity index is 2.41. The van der Waals surface area contributed by atoms with E-state index >= 15 is 0 Å². The van der Waals surface area contributed by atoms with Gasteiger partial charge in [-0.3, -0.25) is 9.36 Å². The molecule has 0 amide bonds. The largest absolute Gasteiger partial charge is 0.481 e. The minimum Gasteiger partial charge on any atom is -0.481 e. The number of oxazole rings is 1. The molecule has 0 aliphatic carbocycles. The summed E-state index contributed by atoms with van der Waals surface area (Å²) in [6, 6.07) is 4.09. The molecule has 0 saturated heterocycles. The first-order valence-electron chi connectivity index (χ1n) is 6.43. The fourth-order valence-corrected chi connectivity index (χ4v) is 3.29. The number of carboxylic acid groups (broad SMARTS) is 1. The van der Waals surface area contributed by atoms with Crippen LogP contribution in [-0.4, -0.2) is 42.0 Å². The summed E-state index contributed by atoms with van der Waals surface area (Å²) >= 11 is 0. The number of carboxylic acids is 1. The van der Waals surface area contributed by atoms with Crippen molar-refractivity contribution < 1.29 is 22.7 Å². The molecular weight excluding hydrogens is 312 g/mol. The predicted octanol–water partition coefficient (Wildman–Crippen LogP) is 0.473. The SMILES string of the molecule is CC(CN(C)S(=O)(=O)c1ccc2c(c1)oc(=O)n2C)C(=O)O. The molecule has 0 aliphatic rings. The van der Waals surface area contributed by atoms with Gasteiger partial charge in [-0.15, -0.1) is 0 Å². The monoisotopic (exact) mass is 328 g/mol. The van der Waals surface area contributed by atoms with E-state index in [4.69, 9.17) is 9.52 Å². The first kappa shape index (κ1) is 16.2. The molecule has 22 heavy (non-hydrogen) atoms. The van der Waals surface area contributed by atoms with E-state index in [2.05, 4.69) is 0 Å². The average molecular weight is 328 g/mol. The molecule has 0 saturated carbocycles. The fourth-order valence-electron chi connectivity index (χ4n) is 2.02. The van der Waals surface area contributed by atoms with Crippen LogP contribution in [0.1, 0.15) is 6.92 Å². The Morgan fingerprint density at radius 2 is 2.09 bits per heavy atom. The molecule has 0 spiro atoms. The number of carbonyl (C=O) groups is 1. The number of hydrogen-bond donors (Lipinski definition) is 1. The first-order valence-corrected chi connectivity index (χ1v) is 7.87. The van der Waals surface area contributed by atoms with Crippen LogP contribution in [0.4, 0.5) is 0 Å². The number of aliphatic carboxylic acids is 1. The summed E-state index contributed by atoms with van der Waals surface area (Å²) < 4.78 is 32.1. The molecule has 1 N–H and O–H groups in total. The van der Waals surface area contributed by atoms with Crippen molar-refractivity contribution in [2.75, 3.05) is 13.6 Å². The lowest BCUT2D eigenvalue weighted by Crippen LogP contribution is -2.33. The highest BCUT2D eigenvalue weighted by Gasteiger charge is 2.25. The Morgan fingerprint density at radius 3 is 2.68 bits per heavy atom. The van der Waals surface area contributed by atoms with E-state index in [9.17, 15) is 18.0 Å². The standard InChI is InChI=1S/C13H16N2O6S/c1-8(12(16)17)7-14(2)22(19,20)9-4-5-10-11(6-9)21-13(18)15(10)3/h4-6,8H,7H2,1-3H3,(H,16,17). The molecule has 120 valence electrons. The fraction of sp³-hybridized carbons (Fsp3) is 0.385. The van der Waals surface area contributed by atoms with Crippen LogP contribution < -0.4 is 5.76 Å². The molecule has 0 bridgehead atoms. The summed E-state index contributed by atoms with van der Waals surface area (Å²) in [6.45, 7) is 1.27. The highest BCUT2D eigenvalue weighted by atomic mass is 32.2. The smallest absolute Gasteiger partial charge is 0.419 e. The minimum atomic E-state index is -3.86. The Hall–Kier alpha value is -2.13. The maximum Gasteiger partial charge on any atom is 0.419 e. The molecule has 1 aromatic heterocycles. The zero-order valence-electron chi connectivity index (χ0n) is 12.3. The summed E-state index contributed by atoms with van der Waals surface area (Å²) in [5.41, 5.74) is 0.638. The third-order valence-electron chi connectivity index (χ3n) is 3.42. The van der Waals surface area contributed by atoms with Crippen molar-refractivity contribution in [3.8, 4) is 0 Å². The maximum absolute atomic E-state index is 12.4. The van der Waals surface area contributed by atoms with Crippen molar-refractivity contribution in [3.05, 3.63) is 28.7 Å². The normalized spacial score (nSPS) is 13.6. The van der Waals surface area contributed by atoms with Crippen LogP contribution in [-0.2, 0) is 21.9 Å². The number of fused-ring (bicyclic) bond motifs is 1. The van der Waals surface area contributed by atoms with Crippen molar-refractivity contribution in [2.45, 2.75) is 11.8 Å². The number of sulfonamides is 1. The van der Waals surface area contributed by atoms with Gasteiger partial charge in [0.2, 0.25) is 10.0 Å². The van der Waals surface area contributed by atoms with E-state index in [0.717, 1.165) is 4.31 Å².